The molecule has 0 saturated carbocycles. The van der Waals surface area contributed by atoms with Gasteiger partial charge in [0.05, 0.1) is 32.9 Å². The maximum atomic E-state index is 5.73. The first-order valence-electron chi connectivity index (χ1n) is 6.13. The van der Waals surface area contributed by atoms with Gasteiger partial charge in [0.2, 0.25) is 5.75 Å². The van der Waals surface area contributed by atoms with Crippen molar-refractivity contribution in [3.05, 3.63) is 28.2 Å². The predicted molar refractivity (Wildman–Crippen MR) is 82.1 cm³/mol. The maximum absolute atomic E-state index is 5.73. The standard InChI is InChI=1S/C14H16ClNO4S/c1-17-11-4-10(5-12(18-2)14(11)19-3)20-7-13-16-9(6-15)8-21-13/h4-5,8H,6-7H2,1-3H3. The Morgan fingerprint density at radius 3 is 2.24 bits per heavy atom. The van der Waals surface area contributed by atoms with Crippen LogP contribution in [0.2, 0.25) is 0 Å². The Kier molecular flexibility index (Phi) is 5.52. The molecule has 0 aliphatic rings. The highest BCUT2D eigenvalue weighted by molar-refractivity contribution is 7.09. The molecule has 0 N–H and O–H groups in total. The molecule has 21 heavy (non-hydrogen) atoms. The van der Waals surface area contributed by atoms with Crippen LogP contribution in [-0.2, 0) is 12.5 Å². The molecule has 1 aromatic heterocycles. The van der Waals surface area contributed by atoms with Gasteiger partial charge in [-0.2, -0.15) is 0 Å². The van der Waals surface area contributed by atoms with E-state index in [0.717, 1.165) is 10.7 Å². The van der Waals surface area contributed by atoms with Crippen molar-refractivity contribution in [3.8, 4) is 23.0 Å². The molecule has 114 valence electrons. The van der Waals surface area contributed by atoms with Gasteiger partial charge in [0.25, 0.3) is 0 Å². The SMILES string of the molecule is COc1cc(OCc2nc(CCl)cs2)cc(OC)c1OC. The van der Waals surface area contributed by atoms with Crippen LogP contribution >= 0.6 is 22.9 Å². The molecule has 7 heteroatoms. The van der Waals surface area contributed by atoms with Crippen molar-refractivity contribution in [2.75, 3.05) is 21.3 Å². The average Bonchev–Trinajstić information content (AvgIpc) is 2.99. The summed E-state index contributed by atoms with van der Waals surface area (Å²) in [5.74, 6) is 2.65. The largest absolute Gasteiger partial charge is 0.493 e. The molecule has 0 saturated heterocycles. The molecule has 2 aromatic rings. The molecule has 0 bridgehead atoms. The molecule has 5 nitrogen and oxygen atoms in total. The average molecular weight is 330 g/mol. The Hall–Kier alpha value is -1.66. The van der Waals surface area contributed by atoms with Crippen LogP contribution in [0.1, 0.15) is 10.7 Å². The molecule has 2 rings (SSSR count). The van der Waals surface area contributed by atoms with Gasteiger partial charge in [-0.3, -0.25) is 0 Å². The minimum Gasteiger partial charge on any atom is -0.493 e. The minimum absolute atomic E-state index is 0.361. The highest BCUT2D eigenvalue weighted by atomic mass is 35.5. The van der Waals surface area contributed by atoms with Gasteiger partial charge in [0.1, 0.15) is 17.4 Å². The smallest absolute Gasteiger partial charge is 0.203 e. The summed E-state index contributed by atoms with van der Waals surface area (Å²) >= 11 is 7.24. The van der Waals surface area contributed by atoms with Gasteiger partial charge < -0.3 is 18.9 Å². The van der Waals surface area contributed by atoms with E-state index in [2.05, 4.69) is 4.98 Å². The van der Waals surface area contributed by atoms with Crippen LogP contribution in [0.3, 0.4) is 0 Å². The van der Waals surface area contributed by atoms with Crippen molar-refractivity contribution in [2.45, 2.75) is 12.5 Å². The number of methoxy groups -OCH3 is 3. The van der Waals surface area contributed by atoms with E-state index in [-0.39, 0.29) is 0 Å². The zero-order valence-electron chi connectivity index (χ0n) is 12.0. The minimum atomic E-state index is 0.361. The van der Waals surface area contributed by atoms with E-state index >= 15 is 0 Å². The molecular formula is C14H16ClNO4S. The number of hydrogen-bond acceptors (Lipinski definition) is 6. The summed E-state index contributed by atoms with van der Waals surface area (Å²) in [5, 5.41) is 2.78. The lowest BCUT2D eigenvalue weighted by molar-refractivity contribution is 0.290. The zero-order chi connectivity index (χ0) is 15.2. The lowest BCUT2D eigenvalue weighted by Crippen LogP contribution is -1.99. The number of aromatic nitrogens is 1. The van der Waals surface area contributed by atoms with E-state index in [9.17, 15) is 0 Å². The summed E-state index contributed by atoms with van der Waals surface area (Å²) in [6.45, 7) is 0.361. The second-order valence-electron chi connectivity index (χ2n) is 4.02. The predicted octanol–water partition coefficient (Wildman–Crippen LogP) is 3.49. The van der Waals surface area contributed by atoms with Gasteiger partial charge in [-0.05, 0) is 0 Å². The number of thiazole rings is 1. The molecule has 0 aliphatic carbocycles. The van der Waals surface area contributed by atoms with E-state index in [1.54, 1.807) is 33.5 Å². The molecule has 0 atom stereocenters. The van der Waals surface area contributed by atoms with Gasteiger partial charge in [-0.25, -0.2) is 4.98 Å². The molecule has 0 aliphatic heterocycles. The Balaban J connectivity index is 2.15. The van der Waals surface area contributed by atoms with Crippen LogP contribution in [0.4, 0.5) is 0 Å². The van der Waals surface area contributed by atoms with Crippen molar-refractivity contribution < 1.29 is 18.9 Å². The van der Waals surface area contributed by atoms with E-state index in [1.165, 1.54) is 11.3 Å². The topological polar surface area (TPSA) is 49.8 Å². The molecule has 1 heterocycles. The van der Waals surface area contributed by atoms with Gasteiger partial charge in [-0.15, -0.1) is 22.9 Å². The molecule has 0 radical (unpaired) electrons. The maximum Gasteiger partial charge on any atom is 0.203 e. The van der Waals surface area contributed by atoms with Gasteiger partial charge in [0, 0.05) is 17.5 Å². The van der Waals surface area contributed by atoms with E-state index in [1.807, 2.05) is 5.38 Å². The molecular weight excluding hydrogens is 314 g/mol. The number of halogens is 1. The molecule has 0 spiro atoms. The molecule has 0 fully saturated rings. The van der Waals surface area contributed by atoms with Crippen molar-refractivity contribution in [2.24, 2.45) is 0 Å². The first-order valence-corrected chi connectivity index (χ1v) is 7.55. The van der Waals surface area contributed by atoms with Crippen LogP contribution in [0.5, 0.6) is 23.0 Å². The number of hydrogen-bond donors (Lipinski definition) is 0. The summed E-state index contributed by atoms with van der Waals surface area (Å²) in [5.41, 5.74) is 0.852. The fraction of sp³-hybridized carbons (Fsp3) is 0.357. The number of nitrogens with zero attached hydrogens (tertiary/aromatic N) is 1. The lowest BCUT2D eigenvalue weighted by atomic mass is 10.2. The third kappa shape index (κ3) is 3.71. The first kappa shape index (κ1) is 15.7. The van der Waals surface area contributed by atoms with Crippen molar-refractivity contribution in [3.63, 3.8) is 0 Å². The van der Waals surface area contributed by atoms with E-state index in [0.29, 0.717) is 35.5 Å². The van der Waals surface area contributed by atoms with Crippen LogP contribution in [0.15, 0.2) is 17.5 Å². The Morgan fingerprint density at radius 2 is 1.76 bits per heavy atom. The summed E-state index contributed by atoms with van der Waals surface area (Å²) in [6.07, 6.45) is 0. The normalized spacial score (nSPS) is 10.3. The first-order chi connectivity index (χ1) is 10.2. The fourth-order valence-corrected chi connectivity index (χ4v) is 2.70. The lowest BCUT2D eigenvalue weighted by Gasteiger charge is -2.14. The highest BCUT2D eigenvalue weighted by Crippen LogP contribution is 2.40. The van der Waals surface area contributed by atoms with Crippen LogP contribution < -0.4 is 18.9 Å². The third-order valence-corrected chi connectivity index (χ3v) is 3.88. The van der Waals surface area contributed by atoms with Gasteiger partial charge in [0.15, 0.2) is 11.5 Å². The summed E-state index contributed by atoms with van der Waals surface area (Å²) in [7, 11) is 4.69. The molecule has 0 amide bonds. The second-order valence-corrected chi connectivity index (χ2v) is 5.23. The van der Waals surface area contributed by atoms with Gasteiger partial charge >= 0.3 is 0 Å². The number of rotatable bonds is 7. The fourth-order valence-electron chi connectivity index (χ4n) is 1.76. The summed E-state index contributed by atoms with van der Waals surface area (Å²) in [6, 6.07) is 3.49. The Labute approximate surface area is 132 Å². The van der Waals surface area contributed by atoms with Crippen LogP contribution in [0.25, 0.3) is 0 Å². The van der Waals surface area contributed by atoms with E-state index < -0.39 is 0 Å². The van der Waals surface area contributed by atoms with E-state index in [4.69, 9.17) is 30.5 Å². The van der Waals surface area contributed by atoms with Crippen LogP contribution in [0, 0.1) is 0 Å². The monoisotopic (exact) mass is 329 g/mol. The molecule has 1 aromatic carbocycles. The van der Waals surface area contributed by atoms with Crippen molar-refractivity contribution in [1.29, 1.82) is 0 Å². The Morgan fingerprint density at radius 1 is 1.10 bits per heavy atom. The van der Waals surface area contributed by atoms with Crippen molar-refractivity contribution >= 4 is 22.9 Å². The summed E-state index contributed by atoms with van der Waals surface area (Å²) < 4.78 is 21.5. The van der Waals surface area contributed by atoms with Crippen LogP contribution in [-0.4, -0.2) is 26.3 Å². The zero-order valence-corrected chi connectivity index (χ0v) is 13.6. The number of benzene rings is 1. The Bertz CT molecular complexity index is 577. The summed E-state index contributed by atoms with van der Waals surface area (Å²) in [4.78, 5) is 4.34. The second kappa shape index (κ2) is 7.38. The third-order valence-electron chi connectivity index (χ3n) is 2.74. The van der Waals surface area contributed by atoms with Gasteiger partial charge in [-0.1, -0.05) is 0 Å². The number of alkyl halides is 1. The quantitative estimate of drug-likeness (QED) is 0.728. The highest BCUT2D eigenvalue weighted by Gasteiger charge is 2.14. The molecule has 0 unspecified atom stereocenters. The van der Waals surface area contributed by atoms with Crippen molar-refractivity contribution in [1.82, 2.24) is 4.98 Å². The number of ether oxygens (including phenoxy) is 4.